The molecule has 1 rings (SSSR count). The van der Waals surface area contributed by atoms with Gasteiger partial charge in [0.15, 0.2) is 0 Å². The Morgan fingerprint density at radius 2 is 2.05 bits per heavy atom. The van der Waals surface area contributed by atoms with Crippen LogP contribution in [0.3, 0.4) is 0 Å². The first kappa shape index (κ1) is 16.7. The van der Waals surface area contributed by atoms with E-state index in [1.807, 2.05) is 0 Å². The highest BCUT2D eigenvalue weighted by Crippen LogP contribution is 2.24. The van der Waals surface area contributed by atoms with Crippen LogP contribution in [0, 0.1) is 17.7 Å². The van der Waals surface area contributed by atoms with Crippen LogP contribution in [0.15, 0.2) is 18.2 Å². The van der Waals surface area contributed by atoms with Gasteiger partial charge >= 0.3 is 12.0 Å². The molecule has 0 saturated heterocycles. The molecule has 1 aromatic carbocycles. The van der Waals surface area contributed by atoms with Gasteiger partial charge in [0.25, 0.3) is 0 Å². The molecule has 21 heavy (non-hydrogen) atoms. The third kappa shape index (κ3) is 4.94. The minimum absolute atomic E-state index is 0.00232. The zero-order valence-electron chi connectivity index (χ0n) is 12.1. The molecule has 116 valence electrons. The van der Waals surface area contributed by atoms with E-state index in [2.05, 4.69) is 10.6 Å². The van der Waals surface area contributed by atoms with Gasteiger partial charge in [-0.1, -0.05) is 13.8 Å². The maximum absolute atomic E-state index is 13.0. The molecule has 0 bridgehead atoms. The van der Waals surface area contributed by atoms with Crippen LogP contribution in [0.2, 0.25) is 0 Å². The molecule has 0 heterocycles. The second-order valence-electron chi connectivity index (χ2n) is 4.87. The molecular formula is C14H19FN2O4. The maximum Gasteiger partial charge on any atom is 0.319 e. The number of benzene rings is 1. The summed E-state index contributed by atoms with van der Waals surface area (Å²) in [6, 6.07) is 3.12. The molecule has 0 aliphatic heterocycles. The Hall–Kier alpha value is -2.31. The van der Waals surface area contributed by atoms with Gasteiger partial charge in [0, 0.05) is 12.6 Å². The van der Waals surface area contributed by atoms with Gasteiger partial charge in [0.1, 0.15) is 11.6 Å². The summed E-state index contributed by atoms with van der Waals surface area (Å²) in [5.41, 5.74) is 0.299. The lowest BCUT2D eigenvalue weighted by Gasteiger charge is -2.17. The highest BCUT2D eigenvalue weighted by Gasteiger charge is 2.22. The number of aliphatic carboxylic acids is 1. The number of amides is 2. The van der Waals surface area contributed by atoms with Crippen LogP contribution in [0.5, 0.6) is 5.75 Å². The van der Waals surface area contributed by atoms with E-state index in [0.29, 0.717) is 5.69 Å². The first-order valence-corrected chi connectivity index (χ1v) is 6.46. The molecule has 0 aliphatic rings. The van der Waals surface area contributed by atoms with Gasteiger partial charge in [-0.25, -0.2) is 9.18 Å². The molecular weight excluding hydrogens is 279 g/mol. The number of carboxylic acids is 1. The normalized spacial score (nSPS) is 11.9. The number of carbonyl (C=O) groups is 2. The van der Waals surface area contributed by atoms with Crippen LogP contribution < -0.4 is 15.4 Å². The zero-order valence-corrected chi connectivity index (χ0v) is 12.1. The van der Waals surface area contributed by atoms with E-state index in [4.69, 9.17) is 9.84 Å². The van der Waals surface area contributed by atoms with E-state index < -0.39 is 23.7 Å². The number of methoxy groups -OCH3 is 1. The van der Waals surface area contributed by atoms with Gasteiger partial charge in [-0.05, 0) is 18.1 Å². The monoisotopic (exact) mass is 298 g/mol. The SMILES string of the molecule is COc1cc(F)ccc1NC(=O)NCC(C(=O)O)C(C)C. The maximum atomic E-state index is 13.0. The van der Waals surface area contributed by atoms with E-state index in [0.717, 1.165) is 6.07 Å². The van der Waals surface area contributed by atoms with Gasteiger partial charge in [0.05, 0.1) is 18.7 Å². The molecule has 6 nitrogen and oxygen atoms in total. The number of ether oxygens (including phenoxy) is 1. The third-order valence-electron chi connectivity index (χ3n) is 3.02. The first-order valence-electron chi connectivity index (χ1n) is 6.46. The minimum atomic E-state index is -0.968. The average molecular weight is 298 g/mol. The number of halogens is 1. The highest BCUT2D eigenvalue weighted by molar-refractivity contribution is 5.91. The lowest BCUT2D eigenvalue weighted by atomic mass is 9.96. The van der Waals surface area contributed by atoms with Crippen molar-refractivity contribution in [3.63, 3.8) is 0 Å². The van der Waals surface area contributed by atoms with E-state index in [-0.39, 0.29) is 18.2 Å². The van der Waals surface area contributed by atoms with Gasteiger partial charge in [-0.2, -0.15) is 0 Å². The fourth-order valence-electron chi connectivity index (χ4n) is 1.75. The molecule has 0 spiro atoms. The Balaban J connectivity index is 2.64. The van der Waals surface area contributed by atoms with Crippen molar-refractivity contribution >= 4 is 17.7 Å². The summed E-state index contributed by atoms with van der Waals surface area (Å²) in [4.78, 5) is 22.8. The van der Waals surface area contributed by atoms with Crippen LogP contribution in [0.25, 0.3) is 0 Å². The molecule has 0 saturated carbocycles. The van der Waals surface area contributed by atoms with Crippen molar-refractivity contribution in [2.24, 2.45) is 11.8 Å². The fraction of sp³-hybridized carbons (Fsp3) is 0.429. The summed E-state index contributed by atoms with van der Waals surface area (Å²) in [5.74, 6) is -2.05. The number of carboxylic acid groups (broad SMARTS) is 1. The summed E-state index contributed by atoms with van der Waals surface area (Å²) in [6.45, 7) is 3.53. The summed E-state index contributed by atoms with van der Waals surface area (Å²) >= 11 is 0. The second-order valence-corrected chi connectivity index (χ2v) is 4.87. The molecule has 2 amide bonds. The summed E-state index contributed by atoms with van der Waals surface area (Å²) < 4.78 is 18.0. The largest absolute Gasteiger partial charge is 0.494 e. The summed E-state index contributed by atoms with van der Waals surface area (Å²) in [6.07, 6.45) is 0. The number of rotatable bonds is 6. The highest BCUT2D eigenvalue weighted by atomic mass is 19.1. The lowest BCUT2D eigenvalue weighted by Crippen LogP contribution is -2.37. The quantitative estimate of drug-likeness (QED) is 0.752. The van der Waals surface area contributed by atoms with Crippen LogP contribution >= 0.6 is 0 Å². The predicted molar refractivity (Wildman–Crippen MR) is 75.9 cm³/mol. The smallest absolute Gasteiger partial charge is 0.319 e. The summed E-state index contributed by atoms with van der Waals surface area (Å²) in [7, 11) is 1.36. The van der Waals surface area contributed by atoms with Crippen molar-refractivity contribution in [1.82, 2.24) is 5.32 Å². The number of anilines is 1. The number of urea groups is 1. The minimum Gasteiger partial charge on any atom is -0.494 e. The molecule has 7 heteroatoms. The van der Waals surface area contributed by atoms with E-state index in [9.17, 15) is 14.0 Å². The van der Waals surface area contributed by atoms with Crippen molar-refractivity contribution in [1.29, 1.82) is 0 Å². The van der Waals surface area contributed by atoms with Crippen molar-refractivity contribution < 1.29 is 23.8 Å². The Morgan fingerprint density at radius 3 is 2.57 bits per heavy atom. The topological polar surface area (TPSA) is 87.7 Å². The zero-order chi connectivity index (χ0) is 16.0. The molecule has 1 unspecified atom stereocenters. The van der Waals surface area contributed by atoms with E-state index in [1.54, 1.807) is 13.8 Å². The second kappa shape index (κ2) is 7.47. The molecule has 0 radical (unpaired) electrons. The first-order chi connectivity index (χ1) is 9.85. The van der Waals surface area contributed by atoms with Gasteiger partial charge in [0.2, 0.25) is 0 Å². The molecule has 0 fully saturated rings. The Morgan fingerprint density at radius 1 is 1.38 bits per heavy atom. The number of hydrogen-bond donors (Lipinski definition) is 3. The predicted octanol–water partition coefficient (Wildman–Crippen LogP) is 2.31. The molecule has 1 atom stereocenters. The fourth-order valence-corrected chi connectivity index (χ4v) is 1.75. The van der Waals surface area contributed by atoms with Crippen molar-refractivity contribution in [2.45, 2.75) is 13.8 Å². The van der Waals surface area contributed by atoms with Crippen molar-refractivity contribution in [2.75, 3.05) is 19.0 Å². The van der Waals surface area contributed by atoms with Crippen molar-refractivity contribution in [3.8, 4) is 5.75 Å². The molecule has 1 aromatic rings. The molecule has 3 N–H and O–H groups in total. The lowest BCUT2D eigenvalue weighted by molar-refractivity contribution is -0.142. The van der Waals surface area contributed by atoms with Gasteiger partial charge in [-0.3, -0.25) is 4.79 Å². The van der Waals surface area contributed by atoms with Gasteiger partial charge in [-0.15, -0.1) is 0 Å². The van der Waals surface area contributed by atoms with Crippen LogP contribution in [-0.2, 0) is 4.79 Å². The average Bonchev–Trinajstić information content (AvgIpc) is 2.40. The molecule has 0 aromatic heterocycles. The van der Waals surface area contributed by atoms with Crippen molar-refractivity contribution in [3.05, 3.63) is 24.0 Å². The van der Waals surface area contributed by atoms with E-state index in [1.165, 1.54) is 19.2 Å². The summed E-state index contributed by atoms with van der Waals surface area (Å²) in [5, 5.41) is 14.0. The number of nitrogens with one attached hydrogen (secondary N) is 2. The Bertz CT molecular complexity index is 520. The molecule has 0 aliphatic carbocycles. The number of hydrogen-bond acceptors (Lipinski definition) is 3. The van der Waals surface area contributed by atoms with E-state index >= 15 is 0 Å². The van der Waals surface area contributed by atoms with Crippen LogP contribution in [0.1, 0.15) is 13.8 Å². The Labute approximate surface area is 122 Å². The Kier molecular flexibility index (Phi) is 5.95. The standard InChI is InChI=1S/C14H19FN2O4/c1-8(2)10(13(18)19)7-16-14(20)17-11-5-4-9(15)6-12(11)21-3/h4-6,8,10H,7H2,1-3H3,(H,18,19)(H2,16,17,20). The third-order valence-corrected chi connectivity index (χ3v) is 3.02. The number of carbonyl (C=O) groups excluding carboxylic acids is 1. The van der Waals surface area contributed by atoms with Crippen LogP contribution in [0.4, 0.5) is 14.9 Å². The van der Waals surface area contributed by atoms with Crippen LogP contribution in [-0.4, -0.2) is 30.8 Å². The van der Waals surface area contributed by atoms with Gasteiger partial charge < -0.3 is 20.5 Å².